The Morgan fingerprint density at radius 2 is 2.38 bits per heavy atom. The van der Waals surface area contributed by atoms with Crippen molar-refractivity contribution >= 4 is 5.97 Å². The third-order valence-electron chi connectivity index (χ3n) is 3.09. The molecule has 1 heterocycles. The Morgan fingerprint density at radius 3 is 2.85 bits per heavy atom. The van der Waals surface area contributed by atoms with Crippen molar-refractivity contribution in [3.8, 4) is 0 Å². The largest absolute Gasteiger partial charge is 0.466 e. The van der Waals surface area contributed by atoms with Crippen molar-refractivity contribution in [2.24, 2.45) is 5.92 Å². The smallest absolute Gasteiger partial charge is 0.311 e. The second-order valence-electron chi connectivity index (χ2n) is 4.00. The quantitative estimate of drug-likeness (QED) is 0.610. The molecule has 13 heavy (non-hydrogen) atoms. The summed E-state index contributed by atoms with van der Waals surface area (Å²) in [6.07, 6.45) is 4.38. The molecule has 3 heteroatoms. The van der Waals surface area contributed by atoms with Crippen LogP contribution in [0.1, 0.15) is 32.6 Å². The summed E-state index contributed by atoms with van der Waals surface area (Å²) in [6, 6.07) is 0. The van der Waals surface area contributed by atoms with Crippen molar-refractivity contribution in [2.45, 2.75) is 38.2 Å². The molecule has 2 rings (SSSR count). The molecule has 0 bridgehead atoms. The SMILES string of the molecule is CCOC(=O)C1COC2(CCC2)C1. The number of carbonyl (C=O) groups is 1. The third-order valence-corrected chi connectivity index (χ3v) is 3.09. The predicted octanol–water partition coefficient (Wildman–Crippen LogP) is 1.51. The number of rotatable bonds is 2. The van der Waals surface area contributed by atoms with Gasteiger partial charge in [-0.3, -0.25) is 4.79 Å². The lowest BCUT2D eigenvalue weighted by molar-refractivity contribution is -0.147. The van der Waals surface area contributed by atoms with E-state index < -0.39 is 0 Å². The molecular weight excluding hydrogens is 168 g/mol. The van der Waals surface area contributed by atoms with E-state index in [0.29, 0.717) is 13.2 Å². The number of carbonyl (C=O) groups excluding carboxylic acids is 1. The molecule has 0 aromatic carbocycles. The molecule has 74 valence electrons. The third kappa shape index (κ3) is 1.57. The lowest BCUT2D eigenvalue weighted by Gasteiger charge is -2.37. The van der Waals surface area contributed by atoms with Gasteiger partial charge in [0, 0.05) is 0 Å². The maximum Gasteiger partial charge on any atom is 0.311 e. The highest BCUT2D eigenvalue weighted by Gasteiger charge is 2.47. The summed E-state index contributed by atoms with van der Waals surface area (Å²) < 4.78 is 10.6. The van der Waals surface area contributed by atoms with Crippen LogP contribution in [0, 0.1) is 5.92 Å². The van der Waals surface area contributed by atoms with Gasteiger partial charge in [0.05, 0.1) is 24.7 Å². The van der Waals surface area contributed by atoms with Crippen LogP contribution in [-0.2, 0) is 14.3 Å². The molecule has 1 spiro atoms. The van der Waals surface area contributed by atoms with Crippen molar-refractivity contribution in [1.82, 2.24) is 0 Å². The fraction of sp³-hybridized carbons (Fsp3) is 0.900. The van der Waals surface area contributed by atoms with E-state index >= 15 is 0 Å². The van der Waals surface area contributed by atoms with Gasteiger partial charge in [-0.2, -0.15) is 0 Å². The second-order valence-corrected chi connectivity index (χ2v) is 4.00. The van der Waals surface area contributed by atoms with Crippen LogP contribution in [0.3, 0.4) is 0 Å². The molecule has 0 aromatic rings. The molecule has 1 aliphatic heterocycles. The van der Waals surface area contributed by atoms with E-state index in [1.807, 2.05) is 6.92 Å². The summed E-state index contributed by atoms with van der Waals surface area (Å²) in [5.74, 6) is -0.0773. The van der Waals surface area contributed by atoms with E-state index in [4.69, 9.17) is 9.47 Å². The Bertz CT molecular complexity index is 208. The average molecular weight is 184 g/mol. The first-order valence-electron chi connectivity index (χ1n) is 5.06. The van der Waals surface area contributed by atoms with Gasteiger partial charge in [0.1, 0.15) is 0 Å². The Morgan fingerprint density at radius 1 is 1.62 bits per heavy atom. The fourth-order valence-corrected chi connectivity index (χ4v) is 2.18. The van der Waals surface area contributed by atoms with Gasteiger partial charge >= 0.3 is 5.97 Å². The molecule has 2 fully saturated rings. The van der Waals surface area contributed by atoms with Crippen LogP contribution in [0.4, 0.5) is 0 Å². The van der Waals surface area contributed by atoms with Gasteiger partial charge in [-0.25, -0.2) is 0 Å². The van der Waals surface area contributed by atoms with E-state index in [9.17, 15) is 4.79 Å². The van der Waals surface area contributed by atoms with E-state index in [0.717, 1.165) is 19.3 Å². The molecular formula is C10H16O3. The standard InChI is InChI=1S/C10H16O3/c1-2-12-9(11)8-6-10(13-7-8)4-3-5-10/h8H,2-7H2,1H3. The van der Waals surface area contributed by atoms with Crippen molar-refractivity contribution in [2.75, 3.05) is 13.2 Å². The van der Waals surface area contributed by atoms with Gasteiger partial charge in [0.25, 0.3) is 0 Å². The molecule has 1 atom stereocenters. The first kappa shape index (κ1) is 9.00. The molecule has 0 amide bonds. The summed E-state index contributed by atoms with van der Waals surface area (Å²) in [6.45, 7) is 2.88. The van der Waals surface area contributed by atoms with Crippen molar-refractivity contribution in [3.63, 3.8) is 0 Å². The first-order valence-corrected chi connectivity index (χ1v) is 5.06. The summed E-state index contributed by atoms with van der Waals surface area (Å²) in [5.41, 5.74) is 0.0669. The Balaban J connectivity index is 1.87. The van der Waals surface area contributed by atoms with Gasteiger partial charge in [-0.05, 0) is 32.6 Å². The highest BCUT2D eigenvalue weighted by molar-refractivity contribution is 5.73. The first-order chi connectivity index (χ1) is 6.26. The van der Waals surface area contributed by atoms with Gasteiger partial charge in [-0.15, -0.1) is 0 Å². The van der Waals surface area contributed by atoms with E-state index in [1.54, 1.807) is 0 Å². The fourth-order valence-electron chi connectivity index (χ4n) is 2.18. The normalized spacial score (nSPS) is 30.1. The van der Waals surface area contributed by atoms with Gasteiger partial charge in [0.2, 0.25) is 0 Å². The van der Waals surface area contributed by atoms with Crippen LogP contribution in [0.2, 0.25) is 0 Å². The molecule has 1 unspecified atom stereocenters. The molecule has 1 aliphatic carbocycles. The number of hydrogen-bond donors (Lipinski definition) is 0. The van der Waals surface area contributed by atoms with Crippen LogP contribution < -0.4 is 0 Å². The molecule has 1 saturated heterocycles. The number of hydrogen-bond acceptors (Lipinski definition) is 3. The maximum atomic E-state index is 11.4. The van der Waals surface area contributed by atoms with Gasteiger partial charge < -0.3 is 9.47 Å². The lowest BCUT2D eigenvalue weighted by atomic mass is 9.76. The van der Waals surface area contributed by atoms with Crippen molar-refractivity contribution < 1.29 is 14.3 Å². The van der Waals surface area contributed by atoms with Crippen LogP contribution in [0.15, 0.2) is 0 Å². The zero-order valence-electron chi connectivity index (χ0n) is 8.04. The molecule has 3 nitrogen and oxygen atoms in total. The van der Waals surface area contributed by atoms with E-state index in [1.165, 1.54) is 6.42 Å². The summed E-state index contributed by atoms with van der Waals surface area (Å²) in [7, 11) is 0. The van der Waals surface area contributed by atoms with E-state index in [-0.39, 0.29) is 17.5 Å². The summed E-state index contributed by atoms with van der Waals surface area (Å²) in [4.78, 5) is 11.4. The summed E-state index contributed by atoms with van der Waals surface area (Å²) >= 11 is 0. The monoisotopic (exact) mass is 184 g/mol. The maximum absolute atomic E-state index is 11.4. The lowest BCUT2D eigenvalue weighted by Crippen LogP contribution is -2.36. The minimum atomic E-state index is -0.0775. The number of ether oxygens (including phenoxy) is 2. The minimum Gasteiger partial charge on any atom is -0.466 e. The van der Waals surface area contributed by atoms with Gasteiger partial charge in [-0.1, -0.05) is 0 Å². The summed E-state index contributed by atoms with van der Waals surface area (Å²) in [5, 5.41) is 0. The average Bonchev–Trinajstić information content (AvgIpc) is 2.47. The number of esters is 1. The zero-order chi connectivity index (χ0) is 9.31. The minimum absolute atomic E-state index is 0.000231. The van der Waals surface area contributed by atoms with Crippen molar-refractivity contribution in [3.05, 3.63) is 0 Å². The van der Waals surface area contributed by atoms with Crippen LogP contribution in [0.5, 0.6) is 0 Å². The Hall–Kier alpha value is -0.570. The Kier molecular flexibility index (Phi) is 2.28. The van der Waals surface area contributed by atoms with Crippen LogP contribution in [0.25, 0.3) is 0 Å². The Labute approximate surface area is 78.4 Å². The van der Waals surface area contributed by atoms with Gasteiger partial charge in [0.15, 0.2) is 0 Å². The van der Waals surface area contributed by atoms with E-state index in [2.05, 4.69) is 0 Å². The highest BCUT2D eigenvalue weighted by atomic mass is 16.5. The molecule has 2 aliphatic rings. The zero-order valence-corrected chi connectivity index (χ0v) is 8.04. The predicted molar refractivity (Wildman–Crippen MR) is 47.3 cm³/mol. The van der Waals surface area contributed by atoms with Crippen LogP contribution >= 0.6 is 0 Å². The molecule has 0 radical (unpaired) electrons. The topological polar surface area (TPSA) is 35.5 Å². The molecule has 0 aromatic heterocycles. The van der Waals surface area contributed by atoms with Crippen LogP contribution in [-0.4, -0.2) is 24.8 Å². The van der Waals surface area contributed by atoms with Crippen molar-refractivity contribution in [1.29, 1.82) is 0 Å². The molecule has 0 N–H and O–H groups in total. The highest BCUT2D eigenvalue weighted by Crippen LogP contribution is 2.45. The molecule has 1 saturated carbocycles. The second kappa shape index (κ2) is 3.29.